The Morgan fingerprint density at radius 2 is 2.21 bits per heavy atom. The van der Waals surface area contributed by atoms with Crippen molar-refractivity contribution in [3.8, 4) is 0 Å². The minimum atomic E-state index is 0.154. The molecule has 0 amide bonds. The second-order valence-corrected chi connectivity index (χ2v) is 7.26. The van der Waals surface area contributed by atoms with Crippen molar-refractivity contribution >= 4 is 0 Å². The topological polar surface area (TPSA) is 56.9 Å². The number of rotatable bonds is 6. The number of aryl methyl sites for hydroxylation is 2. The van der Waals surface area contributed by atoms with Crippen molar-refractivity contribution in [3.63, 3.8) is 0 Å². The van der Waals surface area contributed by atoms with Gasteiger partial charge in [-0.15, -0.1) is 0 Å². The SMILES string of the molecule is Cn1cc([C@@H]2OCCC[C@H]2CNC(c2nccn2C)C2CC2)cn1. The van der Waals surface area contributed by atoms with Crippen LogP contribution in [0, 0.1) is 11.8 Å². The molecule has 2 aromatic heterocycles. The second-order valence-electron chi connectivity index (χ2n) is 7.26. The van der Waals surface area contributed by atoms with Gasteiger partial charge in [-0.2, -0.15) is 5.10 Å². The highest BCUT2D eigenvalue weighted by Gasteiger charge is 2.36. The van der Waals surface area contributed by atoms with E-state index in [9.17, 15) is 0 Å². The van der Waals surface area contributed by atoms with E-state index in [1.54, 1.807) is 0 Å². The van der Waals surface area contributed by atoms with E-state index < -0.39 is 0 Å². The third kappa shape index (κ3) is 3.26. The molecule has 1 aliphatic carbocycles. The minimum absolute atomic E-state index is 0.154. The summed E-state index contributed by atoms with van der Waals surface area (Å²) in [5.41, 5.74) is 1.20. The van der Waals surface area contributed by atoms with Crippen LogP contribution in [0.1, 0.15) is 49.2 Å². The number of ether oxygens (including phenoxy) is 1. The van der Waals surface area contributed by atoms with E-state index in [1.165, 1.54) is 24.8 Å². The standard InChI is InChI=1S/C18H27N5O/c1-22-8-7-19-18(22)16(13-5-6-13)20-10-14-4-3-9-24-17(14)15-11-21-23(2)12-15/h7-8,11-14,16-17,20H,3-6,9-10H2,1-2H3/t14-,16?,17+/m0/s1. The lowest BCUT2D eigenvalue weighted by molar-refractivity contribution is -0.0288. The molecule has 0 bridgehead atoms. The Morgan fingerprint density at radius 3 is 2.88 bits per heavy atom. The third-order valence-corrected chi connectivity index (χ3v) is 5.33. The number of nitrogens with one attached hydrogen (secondary N) is 1. The highest BCUT2D eigenvalue weighted by atomic mass is 16.5. The summed E-state index contributed by atoms with van der Waals surface area (Å²) in [5.74, 6) is 2.38. The molecule has 0 radical (unpaired) electrons. The van der Waals surface area contributed by atoms with E-state index in [2.05, 4.69) is 33.2 Å². The number of imidazole rings is 1. The quantitative estimate of drug-likeness (QED) is 0.884. The Morgan fingerprint density at radius 1 is 1.33 bits per heavy atom. The van der Waals surface area contributed by atoms with Crippen molar-refractivity contribution < 1.29 is 4.74 Å². The molecular formula is C18H27N5O. The van der Waals surface area contributed by atoms with E-state index in [-0.39, 0.29) is 6.10 Å². The lowest BCUT2D eigenvalue weighted by Gasteiger charge is -2.32. The zero-order valence-corrected chi connectivity index (χ0v) is 14.6. The van der Waals surface area contributed by atoms with Gasteiger partial charge in [-0.25, -0.2) is 4.98 Å². The fourth-order valence-corrected chi connectivity index (χ4v) is 3.86. The zero-order valence-electron chi connectivity index (χ0n) is 14.6. The summed E-state index contributed by atoms with van der Waals surface area (Å²) in [6.07, 6.45) is 13.1. The number of hydrogen-bond acceptors (Lipinski definition) is 4. The highest BCUT2D eigenvalue weighted by Crippen LogP contribution is 2.41. The number of hydrogen-bond donors (Lipinski definition) is 1. The first kappa shape index (κ1) is 15.8. The van der Waals surface area contributed by atoms with Crippen LogP contribution in [0.25, 0.3) is 0 Å². The zero-order chi connectivity index (χ0) is 16.5. The van der Waals surface area contributed by atoms with Gasteiger partial charge in [0.2, 0.25) is 0 Å². The molecule has 1 saturated heterocycles. The van der Waals surface area contributed by atoms with Crippen molar-refractivity contribution in [2.75, 3.05) is 13.2 Å². The first-order valence-electron chi connectivity index (χ1n) is 9.03. The average Bonchev–Trinajstić information content (AvgIpc) is 3.20. The molecule has 3 heterocycles. The second kappa shape index (κ2) is 6.69. The highest BCUT2D eigenvalue weighted by molar-refractivity contribution is 5.11. The molecule has 0 aromatic carbocycles. The van der Waals surface area contributed by atoms with Crippen LogP contribution in [0.2, 0.25) is 0 Å². The Bertz CT molecular complexity index is 675. The molecule has 4 rings (SSSR count). The largest absolute Gasteiger partial charge is 0.373 e. The van der Waals surface area contributed by atoms with E-state index in [0.29, 0.717) is 12.0 Å². The van der Waals surface area contributed by atoms with E-state index in [0.717, 1.165) is 31.3 Å². The normalized spacial score (nSPS) is 25.8. The van der Waals surface area contributed by atoms with E-state index >= 15 is 0 Å². The summed E-state index contributed by atoms with van der Waals surface area (Å²) < 4.78 is 10.1. The Balaban J connectivity index is 1.45. The van der Waals surface area contributed by atoms with Crippen LogP contribution in [0.3, 0.4) is 0 Å². The van der Waals surface area contributed by atoms with E-state index in [4.69, 9.17) is 4.74 Å². The molecule has 1 saturated carbocycles. The molecule has 24 heavy (non-hydrogen) atoms. The first-order chi connectivity index (χ1) is 11.7. The van der Waals surface area contributed by atoms with Crippen LogP contribution in [0.15, 0.2) is 24.8 Å². The molecule has 6 heteroatoms. The van der Waals surface area contributed by atoms with Crippen LogP contribution in [0.4, 0.5) is 0 Å². The monoisotopic (exact) mass is 329 g/mol. The fraction of sp³-hybridized carbons (Fsp3) is 0.667. The molecule has 130 valence electrons. The molecule has 0 spiro atoms. The average molecular weight is 329 g/mol. The van der Waals surface area contributed by atoms with Crippen LogP contribution >= 0.6 is 0 Å². The van der Waals surface area contributed by atoms with Gasteiger partial charge < -0.3 is 14.6 Å². The minimum Gasteiger partial charge on any atom is -0.373 e. The maximum atomic E-state index is 6.10. The Kier molecular flexibility index (Phi) is 4.41. The van der Waals surface area contributed by atoms with Crippen molar-refractivity contribution in [2.45, 2.75) is 37.8 Å². The van der Waals surface area contributed by atoms with Gasteiger partial charge in [0.1, 0.15) is 5.82 Å². The van der Waals surface area contributed by atoms with Crippen LogP contribution in [-0.4, -0.2) is 32.5 Å². The maximum Gasteiger partial charge on any atom is 0.125 e. The third-order valence-electron chi connectivity index (χ3n) is 5.33. The summed E-state index contributed by atoms with van der Waals surface area (Å²) in [7, 11) is 4.05. The summed E-state index contributed by atoms with van der Waals surface area (Å²) in [4.78, 5) is 4.58. The molecule has 1 unspecified atom stereocenters. The predicted octanol–water partition coefficient (Wildman–Crippen LogP) is 2.36. The lowest BCUT2D eigenvalue weighted by Crippen LogP contribution is -2.35. The lowest BCUT2D eigenvalue weighted by atomic mass is 9.90. The Hall–Kier alpha value is -1.66. The first-order valence-corrected chi connectivity index (χ1v) is 9.03. The van der Waals surface area contributed by atoms with Crippen molar-refractivity contribution in [2.24, 2.45) is 25.9 Å². The van der Waals surface area contributed by atoms with E-state index in [1.807, 2.05) is 30.3 Å². The van der Waals surface area contributed by atoms with Crippen molar-refractivity contribution in [1.29, 1.82) is 0 Å². The molecular weight excluding hydrogens is 302 g/mol. The maximum absolute atomic E-state index is 6.10. The van der Waals surface area contributed by atoms with Gasteiger partial charge in [0.15, 0.2) is 0 Å². The van der Waals surface area contributed by atoms with Crippen LogP contribution in [0.5, 0.6) is 0 Å². The van der Waals surface area contributed by atoms with Crippen LogP contribution < -0.4 is 5.32 Å². The van der Waals surface area contributed by atoms with Gasteiger partial charge in [0.25, 0.3) is 0 Å². The van der Waals surface area contributed by atoms with Crippen LogP contribution in [-0.2, 0) is 18.8 Å². The predicted molar refractivity (Wildman–Crippen MR) is 91.3 cm³/mol. The Labute approximate surface area is 143 Å². The summed E-state index contributed by atoms with van der Waals surface area (Å²) in [5, 5.41) is 8.13. The number of aromatic nitrogens is 4. The van der Waals surface area contributed by atoms with Gasteiger partial charge in [0, 0.05) is 57.3 Å². The van der Waals surface area contributed by atoms with Gasteiger partial charge in [0.05, 0.1) is 18.3 Å². The fourth-order valence-electron chi connectivity index (χ4n) is 3.86. The molecule has 2 fully saturated rings. The van der Waals surface area contributed by atoms with Crippen molar-refractivity contribution in [1.82, 2.24) is 24.6 Å². The summed E-state index contributed by atoms with van der Waals surface area (Å²) in [6, 6.07) is 0.362. The number of nitrogens with zero attached hydrogens (tertiary/aromatic N) is 4. The molecule has 1 N–H and O–H groups in total. The smallest absolute Gasteiger partial charge is 0.125 e. The van der Waals surface area contributed by atoms with Gasteiger partial charge in [-0.05, 0) is 31.6 Å². The van der Waals surface area contributed by atoms with Gasteiger partial charge >= 0.3 is 0 Å². The molecule has 1 aliphatic heterocycles. The van der Waals surface area contributed by atoms with Crippen molar-refractivity contribution in [3.05, 3.63) is 36.2 Å². The molecule has 2 aromatic rings. The van der Waals surface area contributed by atoms with Gasteiger partial charge in [-0.1, -0.05) is 0 Å². The molecule has 6 nitrogen and oxygen atoms in total. The van der Waals surface area contributed by atoms with Gasteiger partial charge in [-0.3, -0.25) is 4.68 Å². The summed E-state index contributed by atoms with van der Waals surface area (Å²) >= 11 is 0. The molecule has 3 atom stereocenters. The molecule has 2 aliphatic rings. The summed E-state index contributed by atoms with van der Waals surface area (Å²) in [6.45, 7) is 1.81.